The van der Waals surface area contributed by atoms with Gasteiger partial charge in [0.05, 0.1) is 22.7 Å². The molecule has 0 spiro atoms. The molecule has 1 aliphatic rings. The maximum atomic E-state index is 12.3. The van der Waals surface area contributed by atoms with Gasteiger partial charge in [-0.05, 0) is 50.1 Å². The van der Waals surface area contributed by atoms with Gasteiger partial charge < -0.3 is 16.0 Å². The number of benzene rings is 2. The van der Waals surface area contributed by atoms with Crippen LogP contribution in [-0.2, 0) is 9.59 Å². The van der Waals surface area contributed by atoms with Crippen molar-refractivity contribution in [3.63, 3.8) is 0 Å². The second-order valence-corrected chi connectivity index (χ2v) is 6.68. The Balaban J connectivity index is 1.71. The number of rotatable bonds is 4. The quantitative estimate of drug-likeness (QED) is 0.566. The molecule has 140 valence electrons. The highest BCUT2D eigenvalue weighted by Crippen LogP contribution is 2.30. The summed E-state index contributed by atoms with van der Waals surface area (Å²) in [7, 11) is 0. The van der Waals surface area contributed by atoms with Crippen molar-refractivity contribution < 1.29 is 14.5 Å². The van der Waals surface area contributed by atoms with Crippen molar-refractivity contribution in [3.8, 4) is 0 Å². The third-order valence-corrected chi connectivity index (χ3v) is 4.62. The van der Waals surface area contributed by atoms with Gasteiger partial charge in [-0.15, -0.1) is 0 Å². The molecule has 2 aromatic carbocycles. The van der Waals surface area contributed by atoms with Crippen LogP contribution in [0.15, 0.2) is 30.3 Å². The number of fused-ring (bicyclic) bond motifs is 1. The molecule has 1 atom stereocenters. The Hall–Kier alpha value is -3.42. The minimum Gasteiger partial charge on any atom is -0.372 e. The van der Waals surface area contributed by atoms with Gasteiger partial charge in [0.1, 0.15) is 6.04 Å². The molecule has 27 heavy (non-hydrogen) atoms. The molecule has 0 aliphatic carbocycles. The summed E-state index contributed by atoms with van der Waals surface area (Å²) in [6.45, 7) is 5.56. The lowest BCUT2D eigenvalue weighted by molar-refractivity contribution is -0.385. The van der Waals surface area contributed by atoms with Gasteiger partial charge in [-0.2, -0.15) is 0 Å². The van der Waals surface area contributed by atoms with Crippen LogP contribution in [0.4, 0.5) is 22.7 Å². The first kappa shape index (κ1) is 18.4. The summed E-state index contributed by atoms with van der Waals surface area (Å²) in [5.74, 6) is -0.705. The zero-order valence-corrected chi connectivity index (χ0v) is 15.3. The highest BCUT2D eigenvalue weighted by molar-refractivity contribution is 6.06. The zero-order chi connectivity index (χ0) is 19.7. The molecule has 0 bridgehead atoms. The van der Waals surface area contributed by atoms with E-state index in [-0.39, 0.29) is 18.0 Å². The predicted molar refractivity (Wildman–Crippen MR) is 103 cm³/mol. The van der Waals surface area contributed by atoms with Crippen LogP contribution in [0, 0.1) is 30.9 Å². The summed E-state index contributed by atoms with van der Waals surface area (Å²) in [5, 5.41) is 19.5. The number of carbonyl (C=O) groups is 2. The van der Waals surface area contributed by atoms with Crippen LogP contribution >= 0.6 is 0 Å². The van der Waals surface area contributed by atoms with Crippen LogP contribution in [0.5, 0.6) is 0 Å². The third kappa shape index (κ3) is 3.89. The Morgan fingerprint density at radius 3 is 2.44 bits per heavy atom. The lowest BCUT2D eigenvalue weighted by Gasteiger charge is -2.27. The van der Waals surface area contributed by atoms with Gasteiger partial charge in [-0.3, -0.25) is 19.7 Å². The van der Waals surface area contributed by atoms with E-state index in [0.29, 0.717) is 16.9 Å². The van der Waals surface area contributed by atoms with E-state index in [1.807, 2.05) is 26.0 Å². The number of nitrogens with zero attached hydrogens (tertiary/aromatic N) is 1. The number of hydrogen-bond donors (Lipinski definition) is 3. The molecule has 0 saturated heterocycles. The van der Waals surface area contributed by atoms with E-state index in [4.69, 9.17) is 0 Å². The number of amides is 2. The summed E-state index contributed by atoms with van der Waals surface area (Å²) in [6.07, 6.45) is -0.0973. The van der Waals surface area contributed by atoms with Crippen LogP contribution < -0.4 is 16.0 Å². The zero-order valence-electron chi connectivity index (χ0n) is 15.3. The van der Waals surface area contributed by atoms with Gasteiger partial charge in [-0.1, -0.05) is 6.07 Å². The molecule has 0 radical (unpaired) electrons. The molecule has 8 nitrogen and oxygen atoms in total. The Bertz CT molecular complexity index is 955. The molecule has 1 heterocycles. The van der Waals surface area contributed by atoms with Crippen molar-refractivity contribution in [1.82, 2.24) is 0 Å². The Kier molecular flexibility index (Phi) is 4.81. The highest BCUT2D eigenvalue weighted by Gasteiger charge is 2.28. The van der Waals surface area contributed by atoms with Crippen LogP contribution in [0.2, 0.25) is 0 Å². The second kappa shape index (κ2) is 7.06. The first-order chi connectivity index (χ1) is 12.7. The monoisotopic (exact) mass is 368 g/mol. The van der Waals surface area contributed by atoms with E-state index >= 15 is 0 Å². The third-order valence-electron chi connectivity index (χ3n) is 4.62. The first-order valence-corrected chi connectivity index (χ1v) is 8.48. The second-order valence-electron chi connectivity index (χ2n) is 6.68. The van der Waals surface area contributed by atoms with Crippen LogP contribution in [0.3, 0.4) is 0 Å². The molecule has 0 saturated carbocycles. The number of carbonyl (C=O) groups excluding carboxylic acids is 2. The van der Waals surface area contributed by atoms with Crippen LogP contribution in [0.25, 0.3) is 0 Å². The molecule has 3 N–H and O–H groups in total. The molecule has 2 aromatic rings. The minimum absolute atomic E-state index is 0.0684. The van der Waals surface area contributed by atoms with Gasteiger partial charge >= 0.3 is 0 Å². The largest absolute Gasteiger partial charge is 0.372 e. The SMILES string of the molecule is Cc1cc2c(cc1C)NC(CC(=O)Nc1ccc(C)c([N+](=O)[O-])c1)C(=O)N2. The number of nitro benzene ring substituents is 1. The number of hydrogen-bond acceptors (Lipinski definition) is 5. The normalized spacial score (nSPS) is 15.4. The molecular formula is C19H20N4O4. The van der Waals surface area contributed by atoms with Crippen molar-refractivity contribution in [3.05, 3.63) is 57.1 Å². The van der Waals surface area contributed by atoms with Gasteiger partial charge in [0, 0.05) is 17.3 Å². The fraction of sp³-hybridized carbons (Fsp3) is 0.263. The number of nitro groups is 1. The van der Waals surface area contributed by atoms with Crippen molar-refractivity contribution >= 4 is 34.6 Å². The molecule has 1 aliphatic heterocycles. The molecule has 1 unspecified atom stereocenters. The molecule has 3 rings (SSSR count). The lowest BCUT2D eigenvalue weighted by atomic mass is 10.0. The topological polar surface area (TPSA) is 113 Å². The van der Waals surface area contributed by atoms with E-state index in [2.05, 4.69) is 16.0 Å². The average Bonchev–Trinajstić information content (AvgIpc) is 2.59. The number of anilines is 3. The van der Waals surface area contributed by atoms with Crippen molar-refractivity contribution in [2.75, 3.05) is 16.0 Å². The fourth-order valence-corrected chi connectivity index (χ4v) is 2.94. The Labute approximate surface area is 156 Å². The van der Waals surface area contributed by atoms with Crippen molar-refractivity contribution in [2.24, 2.45) is 0 Å². The molecule has 0 fully saturated rings. The summed E-state index contributed by atoms with van der Waals surface area (Å²) in [6, 6.07) is 7.56. The maximum Gasteiger partial charge on any atom is 0.274 e. The molecule has 8 heteroatoms. The molecular weight excluding hydrogens is 348 g/mol. The van der Waals surface area contributed by atoms with E-state index < -0.39 is 16.9 Å². The van der Waals surface area contributed by atoms with Crippen LogP contribution in [-0.4, -0.2) is 22.8 Å². The summed E-state index contributed by atoms with van der Waals surface area (Å²) < 4.78 is 0. The van der Waals surface area contributed by atoms with E-state index in [1.54, 1.807) is 19.1 Å². The Morgan fingerprint density at radius 1 is 1.11 bits per heavy atom. The van der Waals surface area contributed by atoms with Crippen LogP contribution in [0.1, 0.15) is 23.1 Å². The van der Waals surface area contributed by atoms with Crippen molar-refractivity contribution in [1.29, 1.82) is 0 Å². The number of nitrogens with one attached hydrogen (secondary N) is 3. The smallest absolute Gasteiger partial charge is 0.274 e. The number of aryl methyl sites for hydroxylation is 3. The van der Waals surface area contributed by atoms with Gasteiger partial charge in [0.25, 0.3) is 5.69 Å². The van der Waals surface area contributed by atoms with Gasteiger partial charge in [0.2, 0.25) is 11.8 Å². The minimum atomic E-state index is -0.722. The highest BCUT2D eigenvalue weighted by atomic mass is 16.6. The van der Waals surface area contributed by atoms with E-state index in [1.165, 1.54) is 6.07 Å². The Morgan fingerprint density at radius 2 is 1.78 bits per heavy atom. The van der Waals surface area contributed by atoms with Gasteiger partial charge in [-0.25, -0.2) is 0 Å². The average molecular weight is 368 g/mol. The molecule has 0 aromatic heterocycles. The first-order valence-electron chi connectivity index (χ1n) is 8.48. The van der Waals surface area contributed by atoms with Crippen molar-refractivity contribution in [2.45, 2.75) is 33.2 Å². The van der Waals surface area contributed by atoms with E-state index in [0.717, 1.165) is 16.8 Å². The maximum absolute atomic E-state index is 12.3. The summed E-state index contributed by atoms with van der Waals surface area (Å²) in [5.41, 5.74) is 4.35. The summed E-state index contributed by atoms with van der Waals surface area (Å²) in [4.78, 5) is 35.1. The van der Waals surface area contributed by atoms with Gasteiger partial charge in [0.15, 0.2) is 0 Å². The summed E-state index contributed by atoms with van der Waals surface area (Å²) >= 11 is 0. The lowest BCUT2D eigenvalue weighted by Crippen LogP contribution is -2.41. The fourth-order valence-electron chi connectivity index (χ4n) is 2.94. The molecule has 2 amide bonds. The van der Waals surface area contributed by atoms with E-state index in [9.17, 15) is 19.7 Å². The standard InChI is InChI=1S/C19H20N4O4/c1-10-4-5-13(8-17(10)23(26)27)20-18(24)9-16-19(25)22-15-7-12(3)11(2)6-14(15)21-16/h4-8,16,21H,9H2,1-3H3,(H,20,24)(H,22,25). The predicted octanol–water partition coefficient (Wildman–Crippen LogP) is 3.28.